The van der Waals surface area contributed by atoms with E-state index in [1.807, 2.05) is 13.8 Å². The number of aryl methyl sites for hydroxylation is 1. The van der Waals surface area contributed by atoms with Crippen molar-refractivity contribution in [3.05, 3.63) is 16.0 Å². The number of carbonyl (C=O) groups is 2. The Bertz CT molecular complexity index is 536. The van der Waals surface area contributed by atoms with Crippen LogP contribution in [-0.4, -0.2) is 18.5 Å². The summed E-state index contributed by atoms with van der Waals surface area (Å²) in [5.41, 5.74) is 1.68. The molecule has 0 saturated heterocycles. The van der Waals surface area contributed by atoms with Crippen LogP contribution in [0.15, 0.2) is 0 Å². The average molecular weight is 309 g/mol. The van der Waals surface area contributed by atoms with E-state index in [2.05, 4.69) is 5.32 Å². The second-order valence-electron chi connectivity index (χ2n) is 5.43. The summed E-state index contributed by atoms with van der Waals surface area (Å²) in [6.07, 6.45) is 4.92. The highest BCUT2D eigenvalue weighted by atomic mass is 32.1. The van der Waals surface area contributed by atoms with Gasteiger partial charge in [0.15, 0.2) is 0 Å². The summed E-state index contributed by atoms with van der Waals surface area (Å²) in [6, 6.07) is 0. The molecular formula is C16H23NO3S. The Labute approximate surface area is 129 Å². The van der Waals surface area contributed by atoms with Gasteiger partial charge in [0.05, 0.1) is 12.2 Å². The van der Waals surface area contributed by atoms with E-state index in [1.54, 1.807) is 6.92 Å². The van der Waals surface area contributed by atoms with Crippen LogP contribution in [0.4, 0.5) is 5.00 Å². The van der Waals surface area contributed by atoms with E-state index in [4.69, 9.17) is 4.74 Å². The highest BCUT2D eigenvalue weighted by Gasteiger charge is 2.27. The lowest BCUT2D eigenvalue weighted by Gasteiger charge is -2.13. The Kier molecular flexibility index (Phi) is 5.39. The molecule has 1 aromatic heterocycles. The standard InChI is InChI=1S/C16H23NO3S/c1-4-10(3)14(18)17-15-13(16(19)20-5-2)11-8-6-7-9-12(11)21-15/h10H,4-9H2,1-3H3,(H,17,18). The number of anilines is 1. The van der Waals surface area contributed by atoms with Crippen molar-refractivity contribution in [1.82, 2.24) is 0 Å². The molecule has 1 atom stereocenters. The third kappa shape index (κ3) is 3.46. The van der Waals surface area contributed by atoms with E-state index in [0.29, 0.717) is 17.2 Å². The average Bonchev–Trinajstić information content (AvgIpc) is 2.84. The zero-order valence-electron chi connectivity index (χ0n) is 13.0. The van der Waals surface area contributed by atoms with Crippen molar-refractivity contribution in [3.63, 3.8) is 0 Å². The molecule has 0 saturated carbocycles. The molecule has 5 heteroatoms. The molecule has 0 spiro atoms. The van der Waals surface area contributed by atoms with Crippen molar-refractivity contribution in [2.24, 2.45) is 5.92 Å². The minimum Gasteiger partial charge on any atom is -0.462 e. The first-order chi connectivity index (χ1) is 10.1. The van der Waals surface area contributed by atoms with Crippen LogP contribution < -0.4 is 5.32 Å². The lowest BCUT2D eigenvalue weighted by Crippen LogP contribution is -2.21. The van der Waals surface area contributed by atoms with E-state index in [-0.39, 0.29) is 17.8 Å². The Hall–Kier alpha value is -1.36. The Morgan fingerprint density at radius 2 is 2.00 bits per heavy atom. The number of thiophene rings is 1. The van der Waals surface area contributed by atoms with Gasteiger partial charge in [-0.25, -0.2) is 4.79 Å². The lowest BCUT2D eigenvalue weighted by molar-refractivity contribution is -0.119. The van der Waals surface area contributed by atoms with Crippen molar-refractivity contribution < 1.29 is 14.3 Å². The van der Waals surface area contributed by atoms with Crippen LogP contribution in [0.3, 0.4) is 0 Å². The fourth-order valence-corrected chi connectivity index (χ4v) is 3.77. The molecule has 0 aromatic carbocycles. The predicted molar refractivity (Wildman–Crippen MR) is 85.0 cm³/mol. The van der Waals surface area contributed by atoms with Crippen molar-refractivity contribution in [2.45, 2.75) is 52.9 Å². The smallest absolute Gasteiger partial charge is 0.341 e. The van der Waals surface area contributed by atoms with Gasteiger partial charge in [-0.2, -0.15) is 0 Å². The molecule has 1 unspecified atom stereocenters. The summed E-state index contributed by atoms with van der Waals surface area (Å²) in [5, 5.41) is 3.61. The maximum Gasteiger partial charge on any atom is 0.341 e. The van der Waals surface area contributed by atoms with E-state index >= 15 is 0 Å². The summed E-state index contributed by atoms with van der Waals surface area (Å²) in [4.78, 5) is 25.6. The normalized spacial score (nSPS) is 15.2. The van der Waals surface area contributed by atoms with Gasteiger partial charge in [-0.1, -0.05) is 13.8 Å². The second kappa shape index (κ2) is 7.07. The van der Waals surface area contributed by atoms with Gasteiger partial charge < -0.3 is 10.1 Å². The summed E-state index contributed by atoms with van der Waals surface area (Å²) in [7, 11) is 0. The highest BCUT2D eigenvalue weighted by molar-refractivity contribution is 7.17. The number of amides is 1. The SMILES string of the molecule is CCOC(=O)c1c(NC(=O)C(C)CC)sc2c1CCCC2. The largest absolute Gasteiger partial charge is 0.462 e. The van der Waals surface area contributed by atoms with Crippen molar-refractivity contribution in [2.75, 3.05) is 11.9 Å². The number of nitrogens with one attached hydrogen (secondary N) is 1. The zero-order valence-corrected chi connectivity index (χ0v) is 13.8. The Morgan fingerprint density at radius 3 is 2.67 bits per heavy atom. The van der Waals surface area contributed by atoms with Crippen molar-refractivity contribution in [1.29, 1.82) is 0 Å². The molecular weight excluding hydrogens is 286 g/mol. The van der Waals surface area contributed by atoms with Crippen LogP contribution in [0.5, 0.6) is 0 Å². The first kappa shape index (κ1) is 16.0. The molecule has 1 N–H and O–H groups in total. The van der Waals surface area contributed by atoms with Crippen LogP contribution in [0.2, 0.25) is 0 Å². The van der Waals surface area contributed by atoms with Crippen LogP contribution in [0, 0.1) is 5.92 Å². The monoisotopic (exact) mass is 309 g/mol. The first-order valence-corrected chi connectivity index (χ1v) is 8.52. The third-order valence-corrected chi connectivity index (χ3v) is 5.15. The minimum atomic E-state index is -0.309. The van der Waals surface area contributed by atoms with E-state index in [1.165, 1.54) is 16.2 Å². The van der Waals surface area contributed by atoms with E-state index in [0.717, 1.165) is 37.7 Å². The number of fused-ring (bicyclic) bond motifs is 1. The van der Waals surface area contributed by atoms with Gasteiger partial charge >= 0.3 is 5.97 Å². The topological polar surface area (TPSA) is 55.4 Å². The molecule has 0 radical (unpaired) electrons. The number of esters is 1. The summed E-state index contributed by atoms with van der Waals surface area (Å²) in [5.74, 6) is -0.392. The first-order valence-electron chi connectivity index (χ1n) is 7.70. The van der Waals surface area contributed by atoms with Gasteiger partial charge in [-0.3, -0.25) is 4.79 Å². The van der Waals surface area contributed by atoms with E-state index < -0.39 is 0 Å². The van der Waals surface area contributed by atoms with Crippen LogP contribution in [-0.2, 0) is 22.4 Å². The molecule has 0 aliphatic heterocycles. The maximum absolute atomic E-state index is 12.3. The van der Waals surface area contributed by atoms with Gasteiger partial charge in [-0.05, 0) is 44.6 Å². The lowest BCUT2D eigenvalue weighted by atomic mass is 9.95. The van der Waals surface area contributed by atoms with Crippen molar-refractivity contribution >= 4 is 28.2 Å². The molecule has 2 rings (SSSR count). The van der Waals surface area contributed by atoms with Crippen LogP contribution in [0.1, 0.15) is 60.8 Å². The molecule has 1 aromatic rings. The highest BCUT2D eigenvalue weighted by Crippen LogP contribution is 2.38. The molecule has 0 fully saturated rings. The zero-order chi connectivity index (χ0) is 15.4. The third-order valence-electron chi connectivity index (χ3n) is 3.95. The van der Waals surface area contributed by atoms with Gasteiger partial charge in [0, 0.05) is 10.8 Å². The molecule has 1 amide bonds. The van der Waals surface area contributed by atoms with Crippen LogP contribution in [0.25, 0.3) is 0 Å². The second-order valence-corrected chi connectivity index (χ2v) is 6.54. The predicted octanol–water partition coefficient (Wildman–Crippen LogP) is 3.79. The van der Waals surface area contributed by atoms with E-state index in [9.17, 15) is 9.59 Å². The van der Waals surface area contributed by atoms with Gasteiger partial charge in [0.2, 0.25) is 5.91 Å². The quantitative estimate of drug-likeness (QED) is 0.842. The fourth-order valence-electron chi connectivity index (χ4n) is 2.49. The molecule has 1 aliphatic carbocycles. The molecule has 1 aliphatic rings. The molecule has 116 valence electrons. The molecule has 4 nitrogen and oxygen atoms in total. The maximum atomic E-state index is 12.3. The number of hydrogen-bond donors (Lipinski definition) is 1. The number of ether oxygens (including phenoxy) is 1. The summed E-state index contributed by atoms with van der Waals surface area (Å²) < 4.78 is 5.18. The summed E-state index contributed by atoms with van der Waals surface area (Å²) in [6.45, 7) is 6.03. The fraction of sp³-hybridized carbons (Fsp3) is 0.625. The van der Waals surface area contributed by atoms with Crippen LogP contribution >= 0.6 is 11.3 Å². The van der Waals surface area contributed by atoms with Gasteiger partial charge in [0.25, 0.3) is 0 Å². The Balaban J connectivity index is 2.33. The Morgan fingerprint density at radius 1 is 1.29 bits per heavy atom. The molecule has 0 bridgehead atoms. The molecule has 21 heavy (non-hydrogen) atoms. The minimum absolute atomic E-state index is 0.0263. The summed E-state index contributed by atoms with van der Waals surface area (Å²) >= 11 is 1.54. The number of rotatable bonds is 5. The van der Waals surface area contributed by atoms with Crippen molar-refractivity contribution in [3.8, 4) is 0 Å². The number of carbonyl (C=O) groups excluding carboxylic acids is 2. The van der Waals surface area contributed by atoms with Gasteiger partial charge in [0.1, 0.15) is 5.00 Å². The number of hydrogen-bond acceptors (Lipinski definition) is 4. The van der Waals surface area contributed by atoms with Gasteiger partial charge in [-0.15, -0.1) is 11.3 Å². The molecule has 1 heterocycles.